The zero-order valence-electron chi connectivity index (χ0n) is 8.38. The van der Waals surface area contributed by atoms with Gasteiger partial charge in [-0.2, -0.15) is 0 Å². The third-order valence-electron chi connectivity index (χ3n) is 1.85. The van der Waals surface area contributed by atoms with E-state index in [9.17, 15) is 4.79 Å². The molecular weight excluding hydrogens is 170 g/mol. The summed E-state index contributed by atoms with van der Waals surface area (Å²) in [6, 6.07) is 0. The van der Waals surface area contributed by atoms with Crippen LogP contribution < -0.4 is 5.32 Å². The molecule has 0 aromatic rings. The van der Waals surface area contributed by atoms with Crippen LogP contribution in [0.2, 0.25) is 0 Å². The average Bonchev–Trinajstić information content (AvgIpc) is 2.12. The Bertz CT molecular complexity index is 139. The number of nitrogens with one attached hydrogen (secondary N) is 1. The van der Waals surface area contributed by atoms with E-state index in [4.69, 9.17) is 5.11 Å². The number of carbonyl (C=O) groups excluding carboxylic acids is 1. The lowest BCUT2D eigenvalue weighted by molar-refractivity contribution is -0.140. The van der Waals surface area contributed by atoms with Crippen LogP contribution in [0.4, 0.5) is 0 Å². The van der Waals surface area contributed by atoms with Gasteiger partial charge >= 0.3 is 5.97 Å². The number of aliphatic hydroxyl groups is 1. The van der Waals surface area contributed by atoms with Crippen molar-refractivity contribution < 1.29 is 14.6 Å². The molecule has 0 aliphatic carbocycles. The van der Waals surface area contributed by atoms with E-state index in [0.717, 1.165) is 13.0 Å². The van der Waals surface area contributed by atoms with Crippen LogP contribution in [-0.2, 0) is 9.53 Å². The van der Waals surface area contributed by atoms with Crippen molar-refractivity contribution in [2.75, 3.05) is 26.8 Å². The third kappa shape index (κ3) is 7.74. The highest BCUT2D eigenvalue weighted by Gasteiger charge is 2.02. The molecule has 0 aromatic heterocycles. The molecule has 0 amide bonds. The Balaban J connectivity index is 3.20. The van der Waals surface area contributed by atoms with Crippen LogP contribution in [0.25, 0.3) is 0 Å². The van der Waals surface area contributed by atoms with Gasteiger partial charge < -0.3 is 15.2 Å². The Labute approximate surface area is 79.3 Å². The highest BCUT2D eigenvalue weighted by Crippen LogP contribution is 1.97. The standard InChI is InChI=1S/C9H19NO3/c1-8(4-6-11)7-10-5-3-9(12)13-2/h8,10-11H,3-7H2,1-2H3. The summed E-state index contributed by atoms with van der Waals surface area (Å²) in [5.74, 6) is 0.255. The number of methoxy groups -OCH3 is 1. The second kappa shape index (κ2) is 8.01. The minimum absolute atomic E-state index is 0.192. The van der Waals surface area contributed by atoms with Crippen LogP contribution in [0.15, 0.2) is 0 Å². The lowest BCUT2D eigenvalue weighted by atomic mass is 10.1. The number of esters is 1. The number of hydrogen-bond acceptors (Lipinski definition) is 4. The summed E-state index contributed by atoms with van der Waals surface area (Å²) in [4.78, 5) is 10.7. The van der Waals surface area contributed by atoms with Crippen LogP contribution in [-0.4, -0.2) is 37.9 Å². The molecule has 2 N–H and O–H groups in total. The van der Waals surface area contributed by atoms with Gasteiger partial charge in [-0.25, -0.2) is 0 Å². The van der Waals surface area contributed by atoms with Crippen molar-refractivity contribution in [2.24, 2.45) is 5.92 Å². The molecule has 13 heavy (non-hydrogen) atoms. The topological polar surface area (TPSA) is 58.6 Å². The summed E-state index contributed by atoms with van der Waals surface area (Å²) in [6.45, 7) is 3.75. The maximum atomic E-state index is 10.7. The lowest BCUT2D eigenvalue weighted by Gasteiger charge is -2.10. The van der Waals surface area contributed by atoms with E-state index in [2.05, 4.69) is 17.0 Å². The second-order valence-electron chi connectivity index (χ2n) is 3.15. The van der Waals surface area contributed by atoms with E-state index in [-0.39, 0.29) is 12.6 Å². The number of carbonyl (C=O) groups is 1. The van der Waals surface area contributed by atoms with E-state index in [0.29, 0.717) is 18.9 Å². The zero-order chi connectivity index (χ0) is 10.1. The first kappa shape index (κ1) is 12.4. The molecular formula is C9H19NO3. The van der Waals surface area contributed by atoms with Crippen molar-refractivity contribution in [1.29, 1.82) is 0 Å². The molecule has 0 spiro atoms. The van der Waals surface area contributed by atoms with Gasteiger partial charge in [0.2, 0.25) is 0 Å². The summed E-state index contributed by atoms with van der Waals surface area (Å²) in [5, 5.41) is 11.7. The Morgan fingerprint density at radius 1 is 1.62 bits per heavy atom. The van der Waals surface area contributed by atoms with Gasteiger partial charge in [-0.05, 0) is 18.9 Å². The number of hydrogen-bond donors (Lipinski definition) is 2. The molecule has 1 atom stereocenters. The highest BCUT2D eigenvalue weighted by atomic mass is 16.5. The van der Waals surface area contributed by atoms with E-state index >= 15 is 0 Å². The van der Waals surface area contributed by atoms with Gasteiger partial charge in [0.25, 0.3) is 0 Å². The fourth-order valence-corrected chi connectivity index (χ4v) is 0.963. The van der Waals surface area contributed by atoms with Crippen LogP contribution in [0.5, 0.6) is 0 Å². The van der Waals surface area contributed by atoms with Crippen molar-refractivity contribution in [3.8, 4) is 0 Å². The van der Waals surface area contributed by atoms with Crippen LogP contribution in [0.1, 0.15) is 19.8 Å². The molecule has 0 bridgehead atoms. The molecule has 0 heterocycles. The largest absolute Gasteiger partial charge is 0.469 e. The van der Waals surface area contributed by atoms with E-state index in [1.54, 1.807) is 0 Å². The molecule has 0 aliphatic heterocycles. The molecule has 78 valence electrons. The van der Waals surface area contributed by atoms with Gasteiger partial charge in [-0.1, -0.05) is 6.92 Å². The minimum atomic E-state index is -0.192. The van der Waals surface area contributed by atoms with Crippen molar-refractivity contribution in [2.45, 2.75) is 19.8 Å². The Kier molecular flexibility index (Phi) is 7.63. The quantitative estimate of drug-likeness (QED) is 0.442. The molecule has 0 saturated carbocycles. The fourth-order valence-electron chi connectivity index (χ4n) is 0.963. The Hall–Kier alpha value is -0.610. The average molecular weight is 189 g/mol. The van der Waals surface area contributed by atoms with Gasteiger partial charge in [0, 0.05) is 13.2 Å². The van der Waals surface area contributed by atoms with Crippen molar-refractivity contribution in [3.05, 3.63) is 0 Å². The first-order chi connectivity index (χ1) is 6.20. The SMILES string of the molecule is COC(=O)CCNCC(C)CCO. The van der Waals surface area contributed by atoms with Crippen molar-refractivity contribution in [1.82, 2.24) is 5.32 Å². The third-order valence-corrected chi connectivity index (χ3v) is 1.85. The summed E-state index contributed by atoms with van der Waals surface area (Å²) in [5.41, 5.74) is 0. The van der Waals surface area contributed by atoms with Gasteiger partial charge in [-0.15, -0.1) is 0 Å². The van der Waals surface area contributed by atoms with Gasteiger partial charge in [-0.3, -0.25) is 4.79 Å². The minimum Gasteiger partial charge on any atom is -0.469 e. The first-order valence-electron chi connectivity index (χ1n) is 4.59. The monoisotopic (exact) mass is 189 g/mol. The summed E-state index contributed by atoms with van der Waals surface area (Å²) in [7, 11) is 1.39. The van der Waals surface area contributed by atoms with Crippen molar-refractivity contribution in [3.63, 3.8) is 0 Å². The molecule has 0 fully saturated rings. The van der Waals surface area contributed by atoms with Crippen LogP contribution in [0.3, 0.4) is 0 Å². The molecule has 4 heteroatoms. The number of ether oxygens (including phenoxy) is 1. The predicted octanol–water partition coefficient (Wildman–Crippen LogP) is 0.158. The normalized spacial score (nSPS) is 12.5. The summed E-state index contributed by atoms with van der Waals surface area (Å²) in [6.07, 6.45) is 1.20. The molecule has 4 nitrogen and oxygen atoms in total. The molecule has 0 aliphatic rings. The summed E-state index contributed by atoms with van der Waals surface area (Å²) >= 11 is 0. The number of aliphatic hydroxyl groups excluding tert-OH is 1. The maximum Gasteiger partial charge on any atom is 0.306 e. The van der Waals surface area contributed by atoms with E-state index in [1.807, 2.05) is 0 Å². The molecule has 1 unspecified atom stereocenters. The van der Waals surface area contributed by atoms with Gasteiger partial charge in [0.1, 0.15) is 0 Å². The molecule has 0 saturated heterocycles. The Morgan fingerprint density at radius 3 is 2.85 bits per heavy atom. The Morgan fingerprint density at radius 2 is 2.31 bits per heavy atom. The van der Waals surface area contributed by atoms with Crippen LogP contribution in [0, 0.1) is 5.92 Å². The molecule has 0 radical (unpaired) electrons. The van der Waals surface area contributed by atoms with E-state index in [1.165, 1.54) is 7.11 Å². The first-order valence-corrected chi connectivity index (χ1v) is 4.59. The number of rotatable bonds is 7. The van der Waals surface area contributed by atoms with Crippen molar-refractivity contribution >= 4 is 5.97 Å². The lowest BCUT2D eigenvalue weighted by Crippen LogP contribution is -2.24. The summed E-state index contributed by atoms with van der Waals surface area (Å²) < 4.78 is 4.49. The highest BCUT2D eigenvalue weighted by molar-refractivity contribution is 5.69. The smallest absolute Gasteiger partial charge is 0.306 e. The second-order valence-corrected chi connectivity index (χ2v) is 3.15. The predicted molar refractivity (Wildman–Crippen MR) is 50.4 cm³/mol. The molecule has 0 rings (SSSR count). The maximum absolute atomic E-state index is 10.7. The van der Waals surface area contributed by atoms with Gasteiger partial charge in [0.05, 0.1) is 13.5 Å². The van der Waals surface area contributed by atoms with Crippen LogP contribution >= 0.6 is 0 Å². The zero-order valence-corrected chi connectivity index (χ0v) is 8.38. The van der Waals surface area contributed by atoms with Gasteiger partial charge in [0.15, 0.2) is 0 Å². The van der Waals surface area contributed by atoms with E-state index < -0.39 is 0 Å². The molecule has 0 aromatic carbocycles. The fraction of sp³-hybridized carbons (Fsp3) is 0.889.